The van der Waals surface area contributed by atoms with E-state index in [4.69, 9.17) is 10.5 Å². The number of alkyl halides is 3. The van der Waals surface area contributed by atoms with E-state index in [1.54, 1.807) is 12.1 Å². The molecule has 0 unspecified atom stereocenters. The fraction of sp³-hybridized carbons (Fsp3) is 0.393. The molecule has 8 nitrogen and oxygen atoms in total. The van der Waals surface area contributed by atoms with Crippen LogP contribution in [-0.2, 0) is 4.79 Å². The highest BCUT2D eigenvalue weighted by Gasteiger charge is 2.45. The molecule has 39 heavy (non-hydrogen) atoms. The molecular weight excluding hydrogens is 511 g/mol. The Balaban J connectivity index is 1.32. The number of nitrogens with zero attached hydrogens (tertiary/aromatic N) is 3. The van der Waals surface area contributed by atoms with Crippen LogP contribution in [0.1, 0.15) is 36.5 Å². The first-order valence-electron chi connectivity index (χ1n) is 12.8. The molecule has 3 heterocycles. The van der Waals surface area contributed by atoms with E-state index in [0.29, 0.717) is 31.9 Å². The van der Waals surface area contributed by atoms with Gasteiger partial charge in [-0.2, -0.15) is 23.1 Å². The van der Waals surface area contributed by atoms with E-state index in [9.17, 15) is 23.1 Å². The molecule has 2 fully saturated rings. The zero-order valence-electron chi connectivity index (χ0n) is 21.4. The summed E-state index contributed by atoms with van der Waals surface area (Å²) in [4.78, 5) is 21.4. The molecular formula is C28H30F3N5O3. The van der Waals surface area contributed by atoms with Gasteiger partial charge in [-0.3, -0.25) is 4.79 Å². The maximum Gasteiger partial charge on any atom is 0.429 e. The lowest BCUT2D eigenvalue weighted by Crippen LogP contribution is -2.41. The van der Waals surface area contributed by atoms with Gasteiger partial charge < -0.3 is 25.8 Å². The van der Waals surface area contributed by atoms with Gasteiger partial charge in [0.15, 0.2) is 0 Å². The summed E-state index contributed by atoms with van der Waals surface area (Å²) < 4.78 is 47.8. The lowest BCUT2D eigenvalue weighted by Gasteiger charge is -2.39. The Morgan fingerprint density at radius 1 is 1.10 bits per heavy atom. The van der Waals surface area contributed by atoms with Crippen LogP contribution in [0.4, 0.5) is 24.9 Å². The average Bonchev–Trinajstić information content (AvgIpc) is 3.31. The quantitative estimate of drug-likeness (QED) is 0.410. The van der Waals surface area contributed by atoms with E-state index in [-0.39, 0.29) is 22.8 Å². The Labute approximate surface area is 224 Å². The van der Waals surface area contributed by atoms with Crippen molar-refractivity contribution < 1.29 is 27.8 Å². The van der Waals surface area contributed by atoms with E-state index < -0.39 is 24.3 Å². The Kier molecular flexibility index (Phi) is 7.11. The largest absolute Gasteiger partial charge is 0.480 e. The van der Waals surface area contributed by atoms with Crippen molar-refractivity contribution in [1.29, 1.82) is 0 Å². The van der Waals surface area contributed by atoms with E-state index >= 15 is 0 Å². The highest BCUT2D eigenvalue weighted by atomic mass is 19.4. The molecule has 0 bridgehead atoms. The summed E-state index contributed by atoms with van der Waals surface area (Å²) in [6, 6.07) is 14.6. The summed E-state index contributed by atoms with van der Waals surface area (Å²) >= 11 is 0. The van der Waals surface area contributed by atoms with Crippen LogP contribution < -0.4 is 20.7 Å². The van der Waals surface area contributed by atoms with Crippen molar-refractivity contribution >= 4 is 17.7 Å². The molecule has 2 aromatic carbocycles. The first-order valence-corrected chi connectivity index (χ1v) is 12.8. The molecule has 1 spiro atoms. The second-order valence-electron chi connectivity index (χ2n) is 10.4. The van der Waals surface area contributed by atoms with Gasteiger partial charge in [-0.1, -0.05) is 54.1 Å². The fourth-order valence-corrected chi connectivity index (χ4v) is 5.38. The molecule has 206 valence electrons. The van der Waals surface area contributed by atoms with Gasteiger partial charge in [-0.15, -0.1) is 0 Å². The molecule has 4 N–H and O–H groups in total. The number of aromatic nitrogens is 2. The minimum absolute atomic E-state index is 0.0567. The van der Waals surface area contributed by atoms with Gasteiger partial charge in [0, 0.05) is 31.3 Å². The minimum Gasteiger partial charge on any atom is -0.480 e. The van der Waals surface area contributed by atoms with Crippen LogP contribution >= 0.6 is 0 Å². The third kappa shape index (κ3) is 5.93. The van der Waals surface area contributed by atoms with Crippen LogP contribution in [0.15, 0.2) is 54.6 Å². The lowest BCUT2D eigenvalue weighted by atomic mass is 9.76. The van der Waals surface area contributed by atoms with Gasteiger partial charge in [-0.25, -0.2) is 0 Å². The third-order valence-electron chi connectivity index (χ3n) is 7.65. The number of ether oxygens (including phenoxy) is 1. The molecule has 0 radical (unpaired) electrons. The molecule has 5 rings (SSSR count). The lowest BCUT2D eigenvalue weighted by molar-refractivity contribution is -0.198. The monoisotopic (exact) mass is 541 g/mol. The van der Waals surface area contributed by atoms with Crippen molar-refractivity contribution in [2.24, 2.45) is 5.41 Å². The molecule has 0 aliphatic carbocycles. The van der Waals surface area contributed by atoms with Crippen LogP contribution in [0, 0.1) is 12.3 Å². The predicted octanol–water partition coefficient (Wildman–Crippen LogP) is 4.75. The highest BCUT2D eigenvalue weighted by molar-refractivity contribution is 5.74. The first kappa shape index (κ1) is 26.7. The minimum atomic E-state index is -4.70. The zero-order chi connectivity index (χ0) is 27.8. The Bertz CT molecular complexity index is 1320. The van der Waals surface area contributed by atoms with Gasteiger partial charge in [0.25, 0.3) is 0 Å². The van der Waals surface area contributed by atoms with Crippen molar-refractivity contribution in [3.8, 4) is 17.0 Å². The Hall–Kier alpha value is -3.86. The zero-order valence-corrected chi connectivity index (χ0v) is 21.4. The molecule has 0 amide bonds. The molecule has 2 saturated heterocycles. The number of piperidine rings is 1. The van der Waals surface area contributed by atoms with E-state index in [2.05, 4.69) is 15.3 Å². The molecule has 11 heteroatoms. The van der Waals surface area contributed by atoms with Crippen molar-refractivity contribution in [2.45, 2.75) is 44.5 Å². The van der Waals surface area contributed by atoms with Crippen LogP contribution in [-0.4, -0.2) is 52.9 Å². The molecule has 2 atom stereocenters. The molecule has 2 aliphatic heterocycles. The van der Waals surface area contributed by atoms with E-state index in [0.717, 1.165) is 29.5 Å². The number of aryl methyl sites for hydroxylation is 1. The Morgan fingerprint density at radius 3 is 2.28 bits per heavy atom. The van der Waals surface area contributed by atoms with Gasteiger partial charge in [-0.05, 0) is 42.7 Å². The number of hydrogen-bond acceptors (Lipinski definition) is 7. The fourth-order valence-electron chi connectivity index (χ4n) is 5.38. The standard InChI is InChI=1S/C28H30F3N5O3/c1-17-2-4-18(5-3-17)19-6-8-20(9-7-19)24(28(29,30)31)39-23-14-22(34-26(32)35-23)36-12-10-27(11-13-36)15-21(25(37)38)33-16-27/h2-9,14,21,24,33H,10-13,15-16H2,1H3,(H,37,38)(H2,32,34,35)/t21-,24+/m0/s1. The second kappa shape index (κ2) is 10.4. The summed E-state index contributed by atoms with van der Waals surface area (Å²) in [5.41, 5.74) is 8.48. The average molecular weight is 542 g/mol. The number of carbonyl (C=O) groups is 1. The van der Waals surface area contributed by atoms with E-state index in [1.165, 1.54) is 18.2 Å². The number of benzene rings is 2. The van der Waals surface area contributed by atoms with Crippen LogP contribution in [0.5, 0.6) is 5.88 Å². The maximum absolute atomic E-state index is 14.1. The van der Waals surface area contributed by atoms with Gasteiger partial charge >= 0.3 is 12.1 Å². The molecule has 0 saturated carbocycles. The number of anilines is 2. The summed E-state index contributed by atoms with van der Waals surface area (Å²) in [6.45, 7) is 3.71. The van der Waals surface area contributed by atoms with Crippen molar-refractivity contribution in [3.63, 3.8) is 0 Å². The number of halogens is 3. The van der Waals surface area contributed by atoms with Crippen LogP contribution in [0.2, 0.25) is 0 Å². The highest BCUT2D eigenvalue weighted by Crippen LogP contribution is 2.41. The summed E-state index contributed by atoms with van der Waals surface area (Å²) in [5, 5.41) is 12.4. The van der Waals surface area contributed by atoms with Crippen molar-refractivity contribution in [3.05, 3.63) is 65.7 Å². The van der Waals surface area contributed by atoms with E-state index in [1.807, 2.05) is 36.1 Å². The predicted molar refractivity (Wildman–Crippen MR) is 140 cm³/mol. The van der Waals surface area contributed by atoms with Crippen LogP contribution in [0.25, 0.3) is 11.1 Å². The smallest absolute Gasteiger partial charge is 0.429 e. The second-order valence-corrected chi connectivity index (χ2v) is 10.4. The molecule has 3 aromatic rings. The topological polar surface area (TPSA) is 114 Å². The van der Waals surface area contributed by atoms with Crippen molar-refractivity contribution in [2.75, 3.05) is 30.3 Å². The SMILES string of the molecule is Cc1ccc(-c2ccc([C@@H](Oc3cc(N4CCC5(CC4)CN[C@H](C(=O)O)C5)nc(N)n3)C(F)(F)F)cc2)cc1. The maximum atomic E-state index is 14.1. The number of carboxylic acids is 1. The number of carboxylic acid groups (broad SMARTS) is 1. The number of nitrogen functional groups attached to an aromatic ring is 1. The third-order valence-corrected chi connectivity index (χ3v) is 7.65. The summed E-state index contributed by atoms with van der Waals surface area (Å²) in [6.07, 6.45) is -4.94. The van der Waals surface area contributed by atoms with Gasteiger partial charge in [0.2, 0.25) is 17.9 Å². The summed E-state index contributed by atoms with van der Waals surface area (Å²) in [7, 11) is 0. The number of aliphatic carboxylic acids is 1. The number of nitrogens with one attached hydrogen (secondary N) is 1. The molecule has 1 aromatic heterocycles. The molecule has 2 aliphatic rings. The van der Waals surface area contributed by atoms with Crippen LogP contribution in [0.3, 0.4) is 0 Å². The number of rotatable bonds is 6. The van der Waals surface area contributed by atoms with Gasteiger partial charge in [0.05, 0.1) is 0 Å². The normalized spacial score (nSPS) is 19.7. The number of nitrogens with two attached hydrogens (primary N) is 1. The van der Waals surface area contributed by atoms with Crippen molar-refractivity contribution in [1.82, 2.24) is 15.3 Å². The number of hydrogen-bond donors (Lipinski definition) is 3. The first-order chi connectivity index (χ1) is 18.5. The Morgan fingerprint density at radius 2 is 1.72 bits per heavy atom. The van der Waals surface area contributed by atoms with Gasteiger partial charge in [0.1, 0.15) is 11.9 Å². The summed E-state index contributed by atoms with van der Waals surface area (Å²) in [5.74, 6) is -0.935.